The molecule has 1 unspecified atom stereocenters. The minimum atomic E-state index is -0.212. The molecule has 1 heterocycles. The van der Waals surface area contributed by atoms with Gasteiger partial charge in [0.15, 0.2) is 0 Å². The Labute approximate surface area is 156 Å². The van der Waals surface area contributed by atoms with E-state index < -0.39 is 0 Å². The zero-order chi connectivity index (χ0) is 18.7. The van der Waals surface area contributed by atoms with Crippen molar-refractivity contribution in [2.75, 3.05) is 23.3 Å². The van der Waals surface area contributed by atoms with E-state index in [-0.39, 0.29) is 12.1 Å². The average molecular weight is 349 g/mol. The Morgan fingerprint density at radius 1 is 1.19 bits per heavy atom. The van der Waals surface area contributed by atoms with Crippen molar-refractivity contribution in [3.63, 3.8) is 0 Å². The molecule has 0 amide bonds. The first-order chi connectivity index (χ1) is 12.5. The van der Waals surface area contributed by atoms with Crippen molar-refractivity contribution in [1.82, 2.24) is 0 Å². The Balaban J connectivity index is 1.79. The zero-order valence-corrected chi connectivity index (χ0v) is 15.8. The quantitative estimate of drug-likeness (QED) is 0.863. The summed E-state index contributed by atoms with van der Waals surface area (Å²) in [4.78, 5) is 2.20. The highest BCUT2D eigenvalue weighted by Crippen LogP contribution is 2.29. The fourth-order valence-electron chi connectivity index (χ4n) is 3.67. The molecule has 0 spiro atoms. The van der Waals surface area contributed by atoms with E-state index in [1.165, 1.54) is 16.7 Å². The van der Waals surface area contributed by atoms with E-state index in [4.69, 9.17) is 0 Å². The second kappa shape index (κ2) is 7.80. The van der Waals surface area contributed by atoms with Crippen LogP contribution in [0.3, 0.4) is 0 Å². The summed E-state index contributed by atoms with van der Waals surface area (Å²) in [7, 11) is 0. The summed E-state index contributed by atoms with van der Waals surface area (Å²) >= 11 is 0. The van der Waals surface area contributed by atoms with Gasteiger partial charge < -0.3 is 15.3 Å². The maximum atomic E-state index is 9.69. The van der Waals surface area contributed by atoms with Crippen LogP contribution in [-0.2, 0) is 0 Å². The zero-order valence-electron chi connectivity index (χ0n) is 15.8. The molecule has 4 nitrogen and oxygen atoms in total. The summed E-state index contributed by atoms with van der Waals surface area (Å²) < 4.78 is 0. The lowest BCUT2D eigenvalue weighted by atomic mass is 9.98. The number of nitrogens with one attached hydrogen (secondary N) is 1. The highest BCUT2D eigenvalue weighted by atomic mass is 16.3. The molecule has 26 heavy (non-hydrogen) atoms. The SMILES string of the molecule is Cc1cccc(C(C)Nc2ccc(N3CCC(O)CC3)c(C#N)c2)c1C. The van der Waals surface area contributed by atoms with Crippen molar-refractivity contribution < 1.29 is 5.11 Å². The molecular formula is C22H27N3O. The van der Waals surface area contributed by atoms with Crippen LogP contribution in [0.15, 0.2) is 36.4 Å². The van der Waals surface area contributed by atoms with Crippen LogP contribution < -0.4 is 10.2 Å². The van der Waals surface area contributed by atoms with Gasteiger partial charge in [-0.1, -0.05) is 18.2 Å². The van der Waals surface area contributed by atoms with Crippen molar-refractivity contribution in [2.24, 2.45) is 0 Å². The molecule has 2 N–H and O–H groups in total. The van der Waals surface area contributed by atoms with Gasteiger partial charge in [-0.2, -0.15) is 5.26 Å². The number of anilines is 2. The minimum Gasteiger partial charge on any atom is -0.393 e. The van der Waals surface area contributed by atoms with E-state index in [1.807, 2.05) is 18.2 Å². The molecule has 2 aromatic rings. The van der Waals surface area contributed by atoms with Crippen molar-refractivity contribution in [1.29, 1.82) is 5.26 Å². The number of rotatable bonds is 4. The summed E-state index contributed by atoms with van der Waals surface area (Å²) in [5.41, 5.74) is 6.46. The van der Waals surface area contributed by atoms with Crippen LogP contribution in [-0.4, -0.2) is 24.3 Å². The molecule has 0 bridgehead atoms. The summed E-state index contributed by atoms with van der Waals surface area (Å²) in [5, 5.41) is 22.8. The molecule has 3 rings (SSSR count). The van der Waals surface area contributed by atoms with Crippen LogP contribution in [0.1, 0.15) is 48.1 Å². The van der Waals surface area contributed by atoms with Crippen LogP contribution in [0.5, 0.6) is 0 Å². The van der Waals surface area contributed by atoms with Crippen molar-refractivity contribution in [2.45, 2.75) is 45.8 Å². The largest absolute Gasteiger partial charge is 0.393 e. The third-order valence-corrected chi connectivity index (χ3v) is 5.42. The summed E-state index contributed by atoms with van der Waals surface area (Å²) in [6.07, 6.45) is 1.31. The average Bonchev–Trinajstić information content (AvgIpc) is 2.64. The van der Waals surface area contributed by atoms with Crippen molar-refractivity contribution in [3.05, 3.63) is 58.7 Å². The monoisotopic (exact) mass is 349 g/mol. The standard InChI is InChI=1S/C22H27N3O/c1-15-5-4-6-21(16(15)2)17(3)24-19-7-8-22(18(13-19)14-23)25-11-9-20(26)10-12-25/h4-8,13,17,20,24,26H,9-12H2,1-3H3. The topological polar surface area (TPSA) is 59.3 Å². The number of nitriles is 1. The van der Waals surface area contributed by atoms with Gasteiger partial charge in [-0.25, -0.2) is 0 Å². The third-order valence-electron chi connectivity index (χ3n) is 5.42. The van der Waals surface area contributed by atoms with Gasteiger partial charge in [-0.05, 0) is 68.5 Å². The fraction of sp³-hybridized carbons (Fsp3) is 0.409. The molecule has 1 saturated heterocycles. The molecular weight excluding hydrogens is 322 g/mol. The molecule has 1 aliphatic heterocycles. The highest BCUT2D eigenvalue weighted by Gasteiger charge is 2.20. The Morgan fingerprint density at radius 2 is 1.92 bits per heavy atom. The van der Waals surface area contributed by atoms with Gasteiger partial charge in [0, 0.05) is 24.8 Å². The van der Waals surface area contributed by atoms with E-state index in [9.17, 15) is 10.4 Å². The number of hydrogen-bond donors (Lipinski definition) is 2. The molecule has 0 aliphatic carbocycles. The molecule has 0 radical (unpaired) electrons. The van der Waals surface area contributed by atoms with Gasteiger partial charge in [0.2, 0.25) is 0 Å². The van der Waals surface area contributed by atoms with Crippen LogP contribution in [0.25, 0.3) is 0 Å². The highest BCUT2D eigenvalue weighted by molar-refractivity contribution is 5.66. The van der Waals surface area contributed by atoms with Crippen molar-refractivity contribution >= 4 is 11.4 Å². The molecule has 1 fully saturated rings. The Kier molecular flexibility index (Phi) is 5.49. The minimum absolute atomic E-state index is 0.164. The summed E-state index contributed by atoms with van der Waals surface area (Å²) in [6.45, 7) is 8.01. The van der Waals surface area contributed by atoms with Gasteiger partial charge >= 0.3 is 0 Å². The van der Waals surface area contributed by atoms with Gasteiger partial charge in [0.1, 0.15) is 6.07 Å². The van der Waals surface area contributed by atoms with E-state index in [2.05, 4.69) is 55.3 Å². The second-order valence-corrected chi connectivity index (χ2v) is 7.22. The predicted octanol–water partition coefficient (Wildman–Crippen LogP) is 4.31. The number of hydrogen-bond acceptors (Lipinski definition) is 4. The predicted molar refractivity (Wildman–Crippen MR) is 107 cm³/mol. The van der Waals surface area contributed by atoms with Gasteiger partial charge in [-0.3, -0.25) is 0 Å². The number of nitrogens with zero attached hydrogens (tertiary/aromatic N) is 2. The molecule has 4 heteroatoms. The smallest absolute Gasteiger partial charge is 0.101 e. The Morgan fingerprint density at radius 3 is 2.62 bits per heavy atom. The normalized spacial score (nSPS) is 16.2. The lowest BCUT2D eigenvalue weighted by Gasteiger charge is -2.32. The molecule has 136 valence electrons. The van der Waals surface area contributed by atoms with E-state index in [1.54, 1.807) is 0 Å². The molecule has 1 aliphatic rings. The fourth-order valence-corrected chi connectivity index (χ4v) is 3.67. The van der Waals surface area contributed by atoms with Gasteiger partial charge in [-0.15, -0.1) is 0 Å². The second-order valence-electron chi connectivity index (χ2n) is 7.22. The van der Waals surface area contributed by atoms with Crippen LogP contribution in [0.4, 0.5) is 11.4 Å². The van der Waals surface area contributed by atoms with Crippen LogP contribution in [0, 0.1) is 25.2 Å². The number of benzene rings is 2. The van der Waals surface area contributed by atoms with Crippen molar-refractivity contribution in [3.8, 4) is 6.07 Å². The number of aliphatic hydroxyl groups is 1. The van der Waals surface area contributed by atoms with Crippen LogP contribution in [0.2, 0.25) is 0 Å². The lowest BCUT2D eigenvalue weighted by Crippen LogP contribution is -2.36. The molecule has 0 saturated carbocycles. The maximum Gasteiger partial charge on any atom is 0.101 e. The Bertz CT molecular complexity index is 817. The molecule has 0 aromatic heterocycles. The van der Waals surface area contributed by atoms with Crippen LogP contribution >= 0.6 is 0 Å². The first-order valence-electron chi connectivity index (χ1n) is 9.29. The van der Waals surface area contributed by atoms with E-state index in [0.29, 0.717) is 5.56 Å². The maximum absolute atomic E-state index is 9.69. The lowest BCUT2D eigenvalue weighted by molar-refractivity contribution is 0.145. The molecule has 1 atom stereocenters. The van der Waals surface area contributed by atoms with Gasteiger partial charge in [0.25, 0.3) is 0 Å². The number of piperidine rings is 1. The Hall–Kier alpha value is -2.51. The molecule has 2 aromatic carbocycles. The van der Waals surface area contributed by atoms with E-state index in [0.717, 1.165) is 37.3 Å². The first kappa shape index (κ1) is 18.3. The third kappa shape index (κ3) is 3.84. The first-order valence-corrected chi connectivity index (χ1v) is 9.29. The number of aryl methyl sites for hydroxylation is 1. The number of aliphatic hydroxyl groups excluding tert-OH is 1. The van der Waals surface area contributed by atoms with E-state index >= 15 is 0 Å². The van der Waals surface area contributed by atoms with Gasteiger partial charge in [0.05, 0.1) is 17.4 Å². The summed E-state index contributed by atoms with van der Waals surface area (Å²) in [5.74, 6) is 0. The summed E-state index contributed by atoms with van der Waals surface area (Å²) in [6, 6.07) is 14.9.